The Morgan fingerprint density at radius 1 is 1.29 bits per heavy atom. The molecule has 1 atom stereocenters. The summed E-state index contributed by atoms with van der Waals surface area (Å²) in [6.07, 6.45) is -1.98. The third kappa shape index (κ3) is 3.35. The van der Waals surface area contributed by atoms with Gasteiger partial charge in [-0.05, 0) is 31.2 Å². The Balaban J connectivity index is 2.63. The van der Waals surface area contributed by atoms with Crippen LogP contribution in [0.2, 0.25) is 0 Å². The lowest BCUT2D eigenvalue weighted by Gasteiger charge is -2.14. The summed E-state index contributed by atoms with van der Waals surface area (Å²) in [6, 6.07) is 6.63. The van der Waals surface area contributed by atoms with Crippen molar-refractivity contribution in [3.63, 3.8) is 0 Å². The summed E-state index contributed by atoms with van der Waals surface area (Å²) in [5, 5.41) is 2.60. The zero-order chi connectivity index (χ0) is 10.6. The fourth-order valence-corrected chi connectivity index (χ4v) is 1.46. The van der Waals surface area contributed by atoms with Crippen molar-refractivity contribution in [1.29, 1.82) is 0 Å². The molecule has 1 unspecified atom stereocenters. The highest BCUT2D eigenvalue weighted by Crippen LogP contribution is 2.13. The fraction of sp³-hybridized carbons (Fsp3) is 0.400. The maximum absolute atomic E-state index is 12.4. The fourth-order valence-electron chi connectivity index (χ4n) is 1.19. The highest BCUT2D eigenvalue weighted by Gasteiger charge is 2.17. The quantitative estimate of drug-likeness (QED) is 0.881. The number of likely N-dealkylation sites (N-methyl/N-ethyl adjacent to an activating group) is 1. The maximum Gasteiger partial charge on any atom is 0.254 e. The number of nitrogens with one attached hydrogen (secondary N) is 1. The molecule has 0 heterocycles. The lowest BCUT2D eigenvalue weighted by atomic mass is 10.1. The van der Waals surface area contributed by atoms with E-state index >= 15 is 0 Å². The summed E-state index contributed by atoms with van der Waals surface area (Å²) in [7, 11) is 1.55. The van der Waals surface area contributed by atoms with Gasteiger partial charge in [0.15, 0.2) is 0 Å². The molecule has 78 valence electrons. The first-order chi connectivity index (χ1) is 6.63. The molecule has 14 heavy (non-hydrogen) atoms. The Morgan fingerprint density at radius 3 is 2.29 bits per heavy atom. The average molecular weight is 264 g/mol. The van der Waals surface area contributed by atoms with Gasteiger partial charge in [0.2, 0.25) is 0 Å². The molecule has 0 spiro atoms. The first-order valence-electron chi connectivity index (χ1n) is 4.33. The molecule has 0 saturated carbocycles. The van der Waals surface area contributed by atoms with E-state index in [2.05, 4.69) is 21.2 Å². The van der Waals surface area contributed by atoms with Gasteiger partial charge in [-0.2, -0.15) is 0 Å². The molecule has 0 amide bonds. The molecular weight excluding hydrogens is 252 g/mol. The van der Waals surface area contributed by atoms with E-state index in [1.807, 2.05) is 24.3 Å². The maximum atomic E-state index is 12.4. The van der Waals surface area contributed by atoms with Crippen LogP contribution >= 0.6 is 15.9 Å². The van der Waals surface area contributed by atoms with Crippen LogP contribution in [-0.4, -0.2) is 19.5 Å². The van der Waals surface area contributed by atoms with Crippen LogP contribution in [0.15, 0.2) is 28.7 Å². The van der Waals surface area contributed by atoms with Crippen LogP contribution < -0.4 is 5.32 Å². The second-order valence-electron chi connectivity index (χ2n) is 3.06. The van der Waals surface area contributed by atoms with Crippen LogP contribution in [0.3, 0.4) is 0 Å². The number of benzene rings is 1. The number of hydrogen-bond acceptors (Lipinski definition) is 1. The predicted octanol–water partition coefficient (Wildman–Crippen LogP) is 2.84. The first kappa shape index (κ1) is 11.6. The highest BCUT2D eigenvalue weighted by atomic mass is 79.9. The van der Waals surface area contributed by atoms with Gasteiger partial charge in [-0.3, -0.25) is 0 Å². The highest BCUT2D eigenvalue weighted by molar-refractivity contribution is 9.10. The second-order valence-corrected chi connectivity index (χ2v) is 3.98. The Bertz CT molecular complexity index is 274. The summed E-state index contributed by atoms with van der Waals surface area (Å²) in [5.74, 6) is 0. The van der Waals surface area contributed by atoms with Crippen molar-refractivity contribution in [2.24, 2.45) is 0 Å². The van der Waals surface area contributed by atoms with E-state index in [9.17, 15) is 8.78 Å². The van der Waals surface area contributed by atoms with Crippen LogP contribution in [0.5, 0.6) is 0 Å². The van der Waals surface area contributed by atoms with Crippen molar-refractivity contribution >= 4 is 15.9 Å². The van der Waals surface area contributed by atoms with Crippen molar-refractivity contribution in [2.75, 3.05) is 7.05 Å². The van der Waals surface area contributed by atoms with Gasteiger partial charge in [0.05, 0.1) is 6.04 Å². The van der Waals surface area contributed by atoms with E-state index in [-0.39, 0.29) is 0 Å². The molecule has 1 aromatic rings. The van der Waals surface area contributed by atoms with E-state index in [0.717, 1.165) is 10.0 Å². The van der Waals surface area contributed by atoms with Crippen LogP contribution in [0.1, 0.15) is 5.56 Å². The molecular formula is C10H12BrF2N. The smallest absolute Gasteiger partial charge is 0.254 e. The van der Waals surface area contributed by atoms with Crippen molar-refractivity contribution in [3.05, 3.63) is 34.3 Å². The van der Waals surface area contributed by atoms with Gasteiger partial charge in [0.1, 0.15) is 0 Å². The van der Waals surface area contributed by atoms with Gasteiger partial charge in [-0.25, -0.2) is 8.78 Å². The van der Waals surface area contributed by atoms with Gasteiger partial charge in [-0.1, -0.05) is 28.1 Å². The number of hydrogen-bond donors (Lipinski definition) is 1. The third-order valence-corrected chi connectivity index (χ3v) is 2.57. The monoisotopic (exact) mass is 263 g/mol. The Kier molecular flexibility index (Phi) is 4.48. The molecule has 1 rings (SSSR count). The molecule has 4 heteroatoms. The van der Waals surface area contributed by atoms with Crippen LogP contribution in [-0.2, 0) is 6.42 Å². The molecule has 0 bridgehead atoms. The van der Waals surface area contributed by atoms with Gasteiger partial charge < -0.3 is 5.32 Å². The van der Waals surface area contributed by atoms with Crippen LogP contribution in [0, 0.1) is 0 Å². The van der Waals surface area contributed by atoms with E-state index < -0.39 is 12.5 Å². The number of rotatable bonds is 4. The molecule has 0 radical (unpaired) electrons. The van der Waals surface area contributed by atoms with E-state index in [4.69, 9.17) is 0 Å². The summed E-state index contributed by atoms with van der Waals surface area (Å²) < 4.78 is 25.7. The number of alkyl halides is 2. The molecule has 0 fully saturated rings. The minimum absolute atomic E-state index is 0.349. The molecule has 0 aliphatic rings. The van der Waals surface area contributed by atoms with Crippen molar-refractivity contribution in [2.45, 2.75) is 18.9 Å². The predicted molar refractivity (Wildman–Crippen MR) is 56.7 cm³/mol. The molecule has 1 nitrogen and oxygen atoms in total. The molecule has 1 aromatic carbocycles. The summed E-state index contributed by atoms with van der Waals surface area (Å²) >= 11 is 3.29. The van der Waals surface area contributed by atoms with Gasteiger partial charge in [0, 0.05) is 4.47 Å². The summed E-state index contributed by atoms with van der Waals surface area (Å²) in [4.78, 5) is 0. The lowest BCUT2D eigenvalue weighted by Crippen LogP contribution is -2.34. The minimum atomic E-state index is -2.33. The van der Waals surface area contributed by atoms with Gasteiger partial charge in [0.25, 0.3) is 6.43 Å². The third-order valence-electron chi connectivity index (χ3n) is 2.04. The Hall–Kier alpha value is -0.480. The zero-order valence-electron chi connectivity index (χ0n) is 7.81. The lowest BCUT2D eigenvalue weighted by molar-refractivity contribution is 0.102. The van der Waals surface area contributed by atoms with Crippen molar-refractivity contribution < 1.29 is 8.78 Å². The molecule has 1 N–H and O–H groups in total. The SMILES string of the molecule is CNC(Cc1ccc(Br)cc1)C(F)F. The molecule has 0 aromatic heterocycles. The molecule has 0 saturated heterocycles. The normalized spacial score (nSPS) is 13.2. The van der Waals surface area contributed by atoms with E-state index in [1.54, 1.807) is 7.05 Å². The van der Waals surface area contributed by atoms with Crippen LogP contribution in [0.4, 0.5) is 8.78 Å². The van der Waals surface area contributed by atoms with E-state index in [0.29, 0.717) is 6.42 Å². The first-order valence-corrected chi connectivity index (χ1v) is 5.12. The summed E-state index contributed by atoms with van der Waals surface area (Å²) in [5.41, 5.74) is 0.910. The van der Waals surface area contributed by atoms with Gasteiger partial charge >= 0.3 is 0 Å². The van der Waals surface area contributed by atoms with Crippen molar-refractivity contribution in [3.8, 4) is 0 Å². The summed E-state index contributed by atoms with van der Waals surface area (Å²) in [6.45, 7) is 0. The Labute approximate surface area is 90.6 Å². The van der Waals surface area contributed by atoms with Crippen molar-refractivity contribution in [1.82, 2.24) is 5.32 Å². The zero-order valence-corrected chi connectivity index (χ0v) is 9.39. The Morgan fingerprint density at radius 2 is 1.86 bits per heavy atom. The standard InChI is InChI=1S/C10H12BrF2N/c1-14-9(10(12)13)6-7-2-4-8(11)5-3-7/h2-5,9-10,14H,6H2,1H3. The molecule has 0 aliphatic heterocycles. The van der Waals surface area contributed by atoms with Gasteiger partial charge in [-0.15, -0.1) is 0 Å². The number of halogens is 3. The largest absolute Gasteiger partial charge is 0.312 e. The topological polar surface area (TPSA) is 12.0 Å². The second kappa shape index (κ2) is 5.41. The van der Waals surface area contributed by atoms with E-state index in [1.165, 1.54) is 0 Å². The minimum Gasteiger partial charge on any atom is -0.312 e. The molecule has 0 aliphatic carbocycles. The van der Waals surface area contributed by atoms with Crippen LogP contribution in [0.25, 0.3) is 0 Å². The average Bonchev–Trinajstić information content (AvgIpc) is 2.16.